The van der Waals surface area contributed by atoms with Crippen molar-refractivity contribution in [3.8, 4) is 5.75 Å². The van der Waals surface area contributed by atoms with Crippen LogP contribution in [-0.2, 0) is 16.1 Å². The van der Waals surface area contributed by atoms with Crippen LogP contribution in [0.2, 0.25) is 10.0 Å². The van der Waals surface area contributed by atoms with Crippen LogP contribution in [0.15, 0.2) is 42.5 Å². The summed E-state index contributed by atoms with van der Waals surface area (Å²) in [6, 6.07) is 12.5. The molecule has 0 spiro atoms. The molecule has 7 heteroatoms. The van der Waals surface area contributed by atoms with Crippen molar-refractivity contribution in [3.05, 3.63) is 63.6 Å². The van der Waals surface area contributed by atoms with E-state index in [1.807, 2.05) is 58.0 Å². The molecule has 1 unspecified atom stereocenters. The number of aryl methyl sites for hydroxylation is 1. The molecule has 0 heterocycles. The Morgan fingerprint density at radius 2 is 1.76 bits per heavy atom. The fourth-order valence-electron chi connectivity index (χ4n) is 3.37. The first-order valence-corrected chi connectivity index (χ1v) is 12.2. The smallest absolute Gasteiger partial charge is 0.242 e. The second-order valence-electron chi connectivity index (χ2n) is 8.60. The maximum atomic E-state index is 13.2. The lowest BCUT2D eigenvalue weighted by Crippen LogP contribution is -2.49. The first-order valence-electron chi connectivity index (χ1n) is 11.4. The molecule has 2 aromatic rings. The number of hydrogen-bond acceptors (Lipinski definition) is 3. The van der Waals surface area contributed by atoms with Crippen LogP contribution in [0.25, 0.3) is 0 Å². The molecule has 2 rings (SSSR count). The number of halogens is 2. The van der Waals surface area contributed by atoms with Gasteiger partial charge in [0.15, 0.2) is 0 Å². The van der Waals surface area contributed by atoms with Gasteiger partial charge in [0, 0.05) is 19.5 Å². The van der Waals surface area contributed by atoms with E-state index in [1.165, 1.54) is 0 Å². The van der Waals surface area contributed by atoms with E-state index in [0.717, 1.165) is 16.9 Å². The second kappa shape index (κ2) is 13.5. The Morgan fingerprint density at radius 3 is 2.36 bits per heavy atom. The zero-order chi connectivity index (χ0) is 24.4. The normalized spacial score (nSPS) is 11.8. The minimum Gasteiger partial charge on any atom is -0.494 e. The van der Waals surface area contributed by atoms with E-state index < -0.39 is 6.04 Å². The molecule has 2 amide bonds. The molecule has 0 bridgehead atoms. The summed E-state index contributed by atoms with van der Waals surface area (Å²) in [5, 5.41) is 3.84. The largest absolute Gasteiger partial charge is 0.494 e. The van der Waals surface area contributed by atoms with E-state index in [9.17, 15) is 9.59 Å². The summed E-state index contributed by atoms with van der Waals surface area (Å²) in [5.41, 5.74) is 1.99. The van der Waals surface area contributed by atoms with Crippen LogP contribution in [0.5, 0.6) is 5.75 Å². The number of carbonyl (C=O) groups is 2. The highest BCUT2D eigenvalue weighted by Crippen LogP contribution is 2.24. The van der Waals surface area contributed by atoms with Crippen molar-refractivity contribution in [2.24, 2.45) is 5.92 Å². The molecular formula is C26H34Cl2N2O3. The summed E-state index contributed by atoms with van der Waals surface area (Å²) in [6.07, 6.45) is 1.34. The molecule has 5 nitrogen and oxygen atoms in total. The maximum absolute atomic E-state index is 13.2. The molecule has 1 N–H and O–H groups in total. The summed E-state index contributed by atoms with van der Waals surface area (Å²) in [7, 11) is 0. The summed E-state index contributed by atoms with van der Waals surface area (Å²) in [4.78, 5) is 27.8. The topological polar surface area (TPSA) is 58.6 Å². The number of nitrogens with one attached hydrogen (secondary N) is 1. The Hall–Kier alpha value is -2.24. The second-order valence-corrected chi connectivity index (χ2v) is 9.41. The van der Waals surface area contributed by atoms with Gasteiger partial charge in [0.1, 0.15) is 11.8 Å². The van der Waals surface area contributed by atoms with Gasteiger partial charge in [-0.3, -0.25) is 9.59 Å². The number of rotatable bonds is 12. The van der Waals surface area contributed by atoms with Crippen molar-refractivity contribution in [1.82, 2.24) is 10.2 Å². The number of ether oxygens (including phenoxy) is 1. The molecule has 0 aliphatic heterocycles. The predicted octanol–water partition coefficient (Wildman–Crippen LogP) is 6.04. The van der Waals surface area contributed by atoms with Crippen molar-refractivity contribution in [2.75, 3.05) is 13.2 Å². The van der Waals surface area contributed by atoms with E-state index in [-0.39, 0.29) is 24.8 Å². The van der Waals surface area contributed by atoms with Gasteiger partial charge in [-0.05, 0) is 55.5 Å². The molecule has 1 atom stereocenters. The Labute approximate surface area is 207 Å². The standard InChI is InChI=1S/C26H34Cl2N2O3/c1-5-24(26(32)29-16-18(2)3)30(17-20-10-13-22(27)23(28)15-20)25(31)7-6-14-33-21-11-8-19(4)9-12-21/h8-13,15,18,24H,5-7,14,16-17H2,1-4H3,(H,29,32). The third-order valence-electron chi connectivity index (χ3n) is 5.23. The van der Waals surface area contributed by atoms with Crippen LogP contribution in [0.1, 0.15) is 51.2 Å². The van der Waals surface area contributed by atoms with Gasteiger partial charge in [-0.15, -0.1) is 0 Å². The van der Waals surface area contributed by atoms with Crippen LogP contribution in [0.4, 0.5) is 0 Å². The number of nitrogens with zero attached hydrogens (tertiary/aromatic N) is 1. The van der Waals surface area contributed by atoms with Gasteiger partial charge >= 0.3 is 0 Å². The molecule has 33 heavy (non-hydrogen) atoms. The van der Waals surface area contributed by atoms with Crippen molar-refractivity contribution < 1.29 is 14.3 Å². The molecular weight excluding hydrogens is 459 g/mol. The predicted molar refractivity (Wildman–Crippen MR) is 135 cm³/mol. The van der Waals surface area contributed by atoms with E-state index in [0.29, 0.717) is 42.0 Å². The van der Waals surface area contributed by atoms with Crippen molar-refractivity contribution in [3.63, 3.8) is 0 Å². The highest BCUT2D eigenvalue weighted by molar-refractivity contribution is 6.42. The molecule has 0 radical (unpaired) electrons. The Kier molecular flexibility index (Phi) is 11.0. The van der Waals surface area contributed by atoms with Gasteiger partial charge in [0.2, 0.25) is 11.8 Å². The van der Waals surface area contributed by atoms with Crippen LogP contribution >= 0.6 is 23.2 Å². The zero-order valence-corrected chi connectivity index (χ0v) is 21.4. The van der Waals surface area contributed by atoms with Crippen LogP contribution in [0.3, 0.4) is 0 Å². The Bertz CT molecular complexity index is 916. The Balaban J connectivity index is 2.08. The van der Waals surface area contributed by atoms with Crippen molar-refractivity contribution >= 4 is 35.0 Å². The van der Waals surface area contributed by atoms with E-state index >= 15 is 0 Å². The van der Waals surface area contributed by atoms with E-state index in [4.69, 9.17) is 27.9 Å². The molecule has 0 aromatic heterocycles. The minimum absolute atomic E-state index is 0.0971. The monoisotopic (exact) mass is 492 g/mol. The lowest BCUT2D eigenvalue weighted by atomic mass is 10.1. The average Bonchev–Trinajstić information content (AvgIpc) is 2.78. The van der Waals surface area contributed by atoms with Gasteiger partial charge in [-0.25, -0.2) is 0 Å². The minimum atomic E-state index is -0.566. The van der Waals surface area contributed by atoms with E-state index in [2.05, 4.69) is 5.32 Å². The van der Waals surface area contributed by atoms with Crippen LogP contribution in [0, 0.1) is 12.8 Å². The quantitative estimate of drug-likeness (QED) is 0.367. The summed E-state index contributed by atoms with van der Waals surface area (Å²) in [5.74, 6) is 0.862. The van der Waals surface area contributed by atoms with Gasteiger partial charge in [0.25, 0.3) is 0 Å². The first kappa shape index (κ1) is 27.0. The van der Waals surface area contributed by atoms with Crippen LogP contribution < -0.4 is 10.1 Å². The Morgan fingerprint density at radius 1 is 1.06 bits per heavy atom. The highest BCUT2D eigenvalue weighted by Gasteiger charge is 2.28. The van der Waals surface area contributed by atoms with Gasteiger partial charge in [-0.1, -0.05) is 67.7 Å². The average molecular weight is 493 g/mol. The number of hydrogen-bond donors (Lipinski definition) is 1. The van der Waals surface area contributed by atoms with Crippen molar-refractivity contribution in [1.29, 1.82) is 0 Å². The summed E-state index contributed by atoms with van der Waals surface area (Å²) >= 11 is 12.2. The molecule has 0 fully saturated rings. The van der Waals surface area contributed by atoms with E-state index in [1.54, 1.807) is 17.0 Å². The summed E-state index contributed by atoms with van der Waals surface area (Å²) < 4.78 is 5.76. The first-order chi connectivity index (χ1) is 15.7. The third-order valence-corrected chi connectivity index (χ3v) is 5.97. The zero-order valence-electron chi connectivity index (χ0n) is 19.9. The number of carbonyl (C=O) groups excluding carboxylic acids is 2. The van der Waals surface area contributed by atoms with Crippen molar-refractivity contribution in [2.45, 2.75) is 59.5 Å². The molecule has 0 saturated heterocycles. The molecule has 0 aliphatic carbocycles. The maximum Gasteiger partial charge on any atom is 0.242 e. The fourth-order valence-corrected chi connectivity index (χ4v) is 3.69. The fraction of sp³-hybridized carbons (Fsp3) is 0.462. The highest BCUT2D eigenvalue weighted by atomic mass is 35.5. The molecule has 0 aliphatic rings. The lowest BCUT2D eigenvalue weighted by Gasteiger charge is -2.31. The van der Waals surface area contributed by atoms with Gasteiger partial charge in [-0.2, -0.15) is 0 Å². The molecule has 2 aromatic carbocycles. The number of benzene rings is 2. The number of amides is 2. The molecule has 0 saturated carbocycles. The SMILES string of the molecule is CCC(C(=O)NCC(C)C)N(Cc1ccc(Cl)c(Cl)c1)C(=O)CCCOc1ccc(C)cc1. The molecule has 180 valence electrons. The summed E-state index contributed by atoms with van der Waals surface area (Å²) in [6.45, 7) is 9.27. The third kappa shape index (κ3) is 8.90. The lowest BCUT2D eigenvalue weighted by molar-refractivity contribution is -0.141. The van der Waals surface area contributed by atoms with Gasteiger partial charge < -0.3 is 15.0 Å². The van der Waals surface area contributed by atoms with Gasteiger partial charge in [0.05, 0.1) is 16.7 Å². The van der Waals surface area contributed by atoms with Crippen LogP contribution in [-0.4, -0.2) is 35.9 Å².